The summed E-state index contributed by atoms with van der Waals surface area (Å²) in [5.74, 6) is -0.0565. The number of hydrogen-bond donors (Lipinski definition) is 3. The van der Waals surface area contributed by atoms with Crippen LogP contribution in [0.1, 0.15) is 367 Å². The van der Waals surface area contributed by atoms with Gasteiger partial charge in [0.05, 0.1) is 18.8 Å². The van der Waals surface area contributed by atoms with Crippen molar-refractivity contribution in [2.45, 2.75) is 379 Å². The van der Waals surface area contributed by atoms with Gasteiger partial charge in [-0.05, 0) is 57.8 Å². The van der Waals surface area contributed by atoms with Crippen molar-refractivity contribution in [3.63, 3.8) is 0 Å². The number of carbonyl (C=O) groups excluding carboxylic acids is 1. The van der Waals surface area contributed by atoms with Gasteiger partial charge in [-0.15, -0.1) is 0 Å². The Morgan fingerprint density at radius 3 is 0.880 bits per heavy atom. The molecule has 0 bridgehead atoms. The number of nitrogens with one attached hydrogen (secondary N) is 1. The van der Waals surface area contributed by atoms with E-state index in [0.29, 0.717) is 6.42 Å². The largest absolute Gasteiger partial charge is 0.394 e. The van der Waals surface area contributed by atoms with Gasteiger partial charge < -0.3 is 15.5 Å². The lowest BCUT2D eigenvalue weighted by molar-refractivity contribution is -0.123. The van der Waals surface area contributed by atoms with Crippen LogP contribution in [0.3, 0.4) is 0 Å². The summed E-state index contributed by atoms with van der Waals surface area (Å²) in [7, 11) is 0. The van der Waals surface area contributed by atoms with Crippen molar-refractivity contribution in [2.24, 2.45) is 0 Å². The number of allylic oxidation sites excluding steroid dienone is 9. The van der Waals surface area contributed by atoms with Gasteiger partial charge in [-0.2, -0.15) is 0 Å². The Morgan fingerprint density at radius 2 is 0.587 bits per heavy atom. The van der Waals surface area contributed by atoms with Crippen LogP contribution in [0.25, 0.3) is 0 Å². The molecule has 2 unspecified atom stereocenters. The van der Waals surface area contributed by atoms with Crippen LogP contribution in [0.5, 0.6) is 0 Å². The molecule has 75 heavy (non-hydrogen) atoms. The standard InChI is InChI=1S/C71H133NO3/c1-3-5-7-9-11-13-15-17-19-21-23-25-27-29-30-31-32-33-34-35-36-37-38-39-40-41-42-43-45-47-49-51-53-55-57-59-61-63-65-67-71(75)72-69(68-73)70(74)66-64-62-60-58-56-54-52-50-48-46-44-28-26-24-22-20-18-16-14-12-10-8-6-4-2/h5,7,11,13,17,19,23,25,64,66,69-70,73-74H,3-4,6,8-10,12,14-16,18,20-22,24,26-63,65,67-68H2,1-2H3,(H,72,75)/b7-5-,13-11-,19-17-,25-23-,66-64+. The number of amides is 1. The van der Waals surface area contributed by atoms with Crippen LogP contribution in [0, 0.1) is 0 Å². The third kappa shape index (κ3) is 62.8. The molecule has 0 aliphatic carbocycles. The molecule has 4 heteroatoms. The first-order valence-corrected chi connectivity index (χ1v) is 34.0. The predicted octanol–water partition coefficient (Wildman–Crippen LogP) is 23.1. The molecular weight excluding hydrogens is 915 g/mol. The summed E-state index contributed by atoms with van der Waals surface area (Å²) >= 11 is 0. The monoisotopic (exact) mass is 1050 g/mol. The minimum absolute atomic E-state index is 0.0565. The van der Waals surface area contributed by atoms with E-state index in [1.54, 1.807) is 6.08 Å². The predicted molar refractivity (Wildman–Crippen MR) is 336 cm³/mol. The number of aliphatic hydroxyl groups is 2. The molecule has 0 fully saturated rings. The molecule has 1 amide bonds. The van der Waals surface area contributed by atoms with Crippen molar-refractivity contribution in [3.05, 3.63) is 60.8 Å². The Morgan fingerprint density at radius 1 is 0.333 bits per heavy atom. The van der Waals surface area contributed by atoms with Crippen LogP contribution >= 0.6 is 0 Å². The van der Waals surface area contributed by atoms with Gasteiger partial charge in [0.1, 0.15) is 0 Å². The fourth-order valence-corrected chi connectivity index (χ4v) is 10.6. The first-order valence-electron chi connectivity index (χ1n) is 34.0. The molecule has 0 aromatic rings. The van der Waals surface area contributed by atoms with Crippen molar-refractivity contribution >= 4 is 5.91 Å². The lowest BCUT2D eigenvalue weighted by Gasteiger charge is -2.20. The second-order valence-electron chi connectivity index (χ2n) is 23.2. The van der Waals surface area contributed by atoms with Crippen LogP contribution in [0.2, 0.25) is 0 Å². The Hall–Kier alpha value is -1.91. The van der Waals surface area contributed by atoms with Gasteiger partial charge in [-0.1, -0.05) is 364 Å². The van der Waals surface area contributed by atoms with Crippen molar-refractivity contribution in [3.8, 4) is 0 Å². The van der Waals surface area contributed by atoms with Gasteiger partial charge in [0.15, 0.2) is 0 Å². The van der Waals surface area contributed by atoms with E-state index >= 15 is 0 Å². The topological polar surface area (TPSA) is 69.6 Å². The lowest BCUT2D eigenvalue weighted by atomic mass is 10.0. The molecule has 440 valence electrons. The molecule has 2 atom stereocenters. The minimum atomic E-state index is -0.840. The molecule has 0 aliphatic heterocycles. The normalized spacial score (nSPS) is 13.1. The molecule has 0 heterocycles. The molecule has 0 saturated heterocycles. The van der Waals surface area contributed by atoms with Crippen LogP contribution in [0.4, 0.5) is 0 Å². The first-order chi connectivity index (χ1) is 37.2. The van der Waals surface area contributed by atoms with Crippen molar-refractivity contribution in [1.82, 2.24) is 5.32 Å². The fourth-order valence-electron chi connectivity index (χ4n) is 10.6. The van der Waals surface area contributed by atoms with E-state index in [9.17, 15) is 15.0 Å². The molecule has 0 aromatic carbocycles. The minimum Gasteiger partial charge on any atom is -0.394 e. The van der Waals surface area contributed by atoms with E-state index in [2.05, 4.69) is 67.8 Å². The van der Waals surface area contributed by atoms with Gasteiger partial charge in [-0.3, -0.25) is 4.79 Å². The Bertz CT molecular complexity index is 1230. The van der Waals surface area contributed by atoms with Crippen molar-refractivity contribution in [1.29, 1.82) is 0 Å². The summed E-state index contributed by atoms with van der Waals surface area (Å²) in [6.07, 6.45) is 94.5. The Kier molecular flexibility index (Phi) is 64.7. The zero-order valence-corrected chi connectivity index (χ0v) is 50.8. The van der Waals surface area contributed by atoms with E-state index < -0.39 is 12.1 Å². The first kappa shape index (κ1) is 73.1. The summed E-state index contributed by atoms with van der Waals surface area (Å²) in [5.41, 5.74) is 0. The molecule has 0 aromatic heterocycles. The van der Waals surface area contributed by atoms with E-state index in [4.69, 9.17) is 0 Å². The quantitative estimate of drug-likeness (QED) is 0.0420. The second-order valence-corrected chi connectivity index (χ2v) is 23.2. The third-order valence-electron chi connectivity index (χ3n) is 15.8. The maximum atomic E-state index is 12.5. The molecule has 0 saturated carbocycles. The number of carbonyl (C=O) groups is 1. The zero-order valence-electron chi connectivity index (χ0n) is 50.8. The van der Waals surface area contributed by atoms with E-state index in [-0.39, 0.29) is 12.5 Å². The second kappa shape index (κ2) is 66.4. The van der Waals surface area contributed by atoms with Gasteiger partial charge >= 0.3 is 0 Å². The van der Waals surface area contributed by atoms with E-state index in [1.807, 2.05) is 6.08 Å². The Balaban J connectivity index is 3.41. The lowest BCUT2D eigenvalue weighted by Crippen LogP contribution is -2.45. The highest BCUT2D eigenvalue weighted by Gasteiger charge is 2.18. The van der Waals surface area contributed by atoms with E-state index in [0.717, 1.165) is 51.4 Å². The van der Waals surface area contributed by atoms with Crippen LogP contribution < -0.4 is 5.32 Å². The summed E-state index contributed by atoms with van der Waals surface area (Å²) < 4.78 is 0. The maximum Gasteiger partial charge on any atom is 0.220 e. The summed E-state index contributed by atoms with van der Waals surface area (Å²) in [6, 6.07) is -0.622. The maximum absolute atomic E-state index is 12.5. The molecule has 0 radical (unpaired) electrons. The molecule has 3 N–H and O–H groups in total. The molecule has 0 spiro atoms. The number of unbranched alkanes of at least 4 members (excludes halogenated alkanes) is 48. The summed E-state index contributed by atoms with van der Waals surface area (Å²) in [5, 5.41) is 23.3. The van der Waals surface area contributed by atoms with Crippen molar-refractivity contribution < 1.29 is 15.0 Å². The van der Waals surface area contributed by atoms with Crippen LogP contribution in [-0.2, 0) is 4.79 Å². The molecular formula is C71H133NO3. The fraction of sp³-hybridized carbons (Fsp3) is 0.845. The van der Waals surface area contributed by atoms with E-state index in [1.165, 1.54) is 295 Å². The Labute approximate surface area is 470 Å². The summed E-state index contributed by atoms with van der Waals surface area (Å²) in [4.78, 5) is 12.5. The number of hydrogen-bond acceptors (Lipinski definition) is 3. The van der Waals surface area contributed by atoms with Gasteiger partial charge in [-0.25, -0.2) is 0 Å². The number of rotatable bonds is 63. The SMILES string of the molecule is CC/C=C\C/C=C\C/C=C\C/C=C\CCCCCCCCCCCCCCCCCCCCCCCCCCCCC(=O)NC(CO)C(O)/C=C/CCCCCCCCCCCCCCCCCCCCCCCC. The number of aliphatic hydroxyl groups excluding tert-OH is 2. The zero-order chi connectivity index (χ0) is 54.1. The molecule has 0 aliphatic rings. The van der Waals surface area contributed by atoms with Gasteiger partial charge in [0.2, 0.25) is 5.91 Å². The highest BCUT2D eigenvalue weighted by atomic mass is 16.3. The smallest absolute Gasteiger partial charge is 0.220 e. The average Bonchev–Trinajstić information content (AvgIpc) is 3.41. The third-order valence-corrected chi connectivity index (χ3v) is 15.8. The molecule has 4 nitrogen and oxygen atoms in total. The highest BCUT2D eigenvalue weighted by molar-refractivity contribution is 5.76. The summed E-state index contributed by atoms with van der Waals surface area (Å²) in [6.45, 7) is 4.23. The van der Waals surface area contributed by atoms with Crippen molar-refractivity contribution in [2.75, 3.05) is 6.61 Å². The van der Waals surface area contributed by atoms with Crippen LogP contribution in [-0.4, -0.2) is 34.9 Å². The molecule has 0 rings (SSSR count). The van der Waals surface area contributed by atoms with Crippen LogP contribution in [0.15, 0.2) is 60.8 Å². The highest BCUT2D eigenvalue weighted by Crippen LogP contribution is 2.19. The average molecular weight is 1050 g/mol. The van der Waals surface area contributed by atoms with Gasteiger partial charge in [0, 0.05) is 6.42 Å². The van der Waals surface area contributed by atoms with Gasteiger partial charge in [0.25, 0.3) is 0 Å².